The van der Waals surface area contributed by atoms with Crippen LogP contribution in [0.3, 0.4) is 0 Å². The van der Waals surface area contributed by atoms with E-state index in [1.54, 1.807) is 6.07 Å². The number of hydrogen-bond donors (Lipinski definition) is 1. The van der Waals surface area contributed by atoms with E-state index in [2.05, 4.69) is 12.1 Å². The SMILES string of the molecule is Oc1ccccc1Cc1ccccc1.[MgH2]. The van der Waals surface area contributed by atoms with Crippen molar-refractivity contribution >= 4 is 23.1 Å². The highest BCUT2D eigenvalue weighted by atomic mass is 24.3. The summed E-state index contributed by atoms with van der Waals surface area (Å²) in [5, 5.41) is 9.57. The van der Waals surface area contributed by atoms with Gasteiger partial charge in [0.25, 0.3) is 0 Å². The molecule has 0 aromatic heterocycles. The molecule has 15 heavy (non-hydrogen) atoms. The Kier molecular flexibility index (Phi) is 4.66. The van der Waals surface area contributed by atoms with Crippen molar-refractivity contribution in [2.75, 3.05) is 0 Å². The van der Waals surface area contributed by atoms with Crippen molar-refractivity contribution in [1.82, 2.24) is 0 Å². The first-order chi connectivity index (χ1) is 6.86. The van der Waals surface area contributed by atoms with Gasteiger partial charge in [0.1, 0.15) is 5.75 Å². The van der Waals surface area contributed by atoms with Gasteiger partial charge >= 0.3 is 23.1 Å². The average Bonchev–Trinajstić information content (AvgIpc) is 2.23. The van der Waals surface area contributed by atoms with Gasteiger partial charge in [-0.2, -0.15) is 0 Å². The number of benzene rings is 2. The number of rotatable bonds is 2. The van der Waals surface area contributed by atoms with E-state index in [0.717, 1.165) is 12.0 Å². The Hall–Kier alpha value is -0.994. The van der Waals surface area contributed by atoms with Gasteiger partial charge in [0.2, 0.25) is 0 Å². The van der Waals surface area contributed by atoms with Crippen LogP contribution in [0.2, 0.25) is 0 Å². The van der Waals surface area contributed by atoms with Gasteiger partial charge in [-0.1, -0.05) is 48.5 Å². The van der Waals surface area contributed by atoms with Crippen molar-refractivity contribution in [3.05, 3.63) is 65.7 Å². The maximum atomic E-state index is 9.57. The quantitative estimate of drug-likeness (QED) is 0.753. The maximum absolute atomic E-state index is 9.57. The molecule has 0 spiro atoms. The maximum Gasteiger partial charge on any atom is 0.316 e. The van der Waals surface area contributed by atoms with Gasteiger partial charge in [-0.25, -0.2) is 0 Å². The molecule has 0 saturated carbocycles. The molecule has 0 atom stereocenters. The van der Waals surface area contributed by atoms with Gasteiger partial charge in [0.15, 0.2) is 0 Å². The molecule has 0 saturated heterocycles. The van der Waals surface area contributed by atoms with Gasteiger partial charge in [-0.15, -0.1) is 0 Å². The zero-order valence-electron chi connectivity index (χ0n) is 7.85. The topological polar surface area (TPSA) is 20.2 Å². The van der Waals surface area contributed by atoms with Gasteiger partial charge in [-0.05, 0) is 17.2 Å². The van der Waals surface area contributed by atoms with E-state index in [4.69, 9.17) is 0 Å². The lowest BCUT2D eigenvalue weighted by atomic mass is 10.0. The van der Waals surface area contributed by atoms with E-state index in [-0.39, 0.29) is 23.1 Å². The predicted octanol–water partition coefficient (Wildman–Crippen LogP) is 2.07. The minimum atomic E-state index is 0. The molecule has 0 aliphatic carbocycles. The Morgan fingerprint density at radius 1 is 0.800 bits per heavy atom. The minimum absolute atomic E-state index is 0. The molecule has 0 unspecified atom stereocenters. The highest BCUT2D eigenvalue weighted by Crippen LogP contribution is 2.19. The molecule has 74 valence electrons. The lowest BCUT2D eigenvalue weighted by molar-refractivity contribution is 0.469. The van der Waals surface area contributed by atoms with Crippen molar-refractivity contribution < 1.29 is 5.11 Å². The summed E-state index contributed by atoms with van der Waals surface area (Å²) in [6.07, 6.45) is 0.785. The van der Waals surface area contributed by atoms with Gasteiger partial charge < -0.3 is 5.11 Å². The molecule has 1 N–H and O–H groups in total. The van der Waals surface area contributed by atoms with Crippen LogP contribution in [0.25, 0.3) is 0 Å². The zero-order valence-corrected chi connectivity index (χ0v) is 7.85. The summed E-state index contributed by atoms with van der Waals surface area (Å²) >= 11 is 0. The largest absolute Gasteiger partial charge is 0.508 e. The third kappa shape index (κ3) is 3.25. The van der Waals surface area contributed by atoms with Crippen LogP contribution in [0, 0.1) is 0 Å². The van der Waals surface area contributed by atoms with Crippen molar-refractivity contribution in [2.45, 2.75) is 6.42 Å². The van der Waals surface area contributed by atoms with Crippen LogP contribution < -0.4 is 0 Å². The number of aromatic hydroxyl groups is 1. The average molecular weight is 211 g/mol. The monoisotopic (exact) mass is 210 g/mol. The van der Waals surface area contributed by atoms with Crippen LogP contribution in [0.15, 0.2) is 54.6 Å². The fraction of sp³-hybridized carbons (Fsp3) is 0.0769. The number of phenolic OH excluding ortho intramolecular Hbond substituents is 1. The molecule has 0 aliphatic rings. The first-order valence-corrected chi connectivity index (χ1v) is 4.67. The summed E-state index contributed by atoms with van der Waals surface area (Å²) in [6.45, 7) is 0. The standard InChI is InChI=1S/C13H12O.Mg.2H/c14-13-9-5-4-8-12(13)10-11-6-2-1-3-7-11;;;/h1-9,14H,10H2;;;. The highest BCUT2D eigenvalue weighted by Gasteiger charge is 1.99. The molecule has 0 heterocycles. The number of phenols is 1. The molecule has 0 aliphatic heterocycles. The predicted molar refractivity (Wildman–Crippen MR) is 65.9 cm³/mol. The molecule has 2 rings (SSSR count). The van der Waals surface area contributed by atoms with E-state index < -0.39 is 0 Å². The third-order valence-electron chi connectivity index (χ3n) is 2.23. The Labute approximate surface area is 106 Å². The summed E-state index contributed by atoms with van der Waals surface area (Å²) in [5.41, 5.74) is 2.19. The fourth-order valence-electron chi connectivity index (χ4n) is 1.48. The second-order valence-electron chi connectivity index (χ2n) is 3.29. The molecule has 1 nitrogen and oxygen atoms in total. The Balaban J connectivity index is 0.00000112. The summed E-state index contributed by atoms with van der Waals surface area (Å²) in [4.78, 5) is 0. The van der Waals surface area contributed by atoms with E-state index >= 15 is 0 Å². The first-order valence-electron chi connectivity index (χ1n) is 4.67. The normalized spacial score (nSPS) is 9.33. The van der Waals surface area contributed by atoms with Crippen molar-refractivity contribution in [3.8, 4) is 5.75 Å². The minimum Gasteiger partial charge on any atom is -0.508 e. The van der Waals surface area contributed by atoms with E-state index in [9.17, 15) is 5.11 Å². The highest BCUT2D eigenvalue weighted by molar-refractivity contribution is 5.75. The zero-order chi connectivity index (χ0) is 9.80. The van der Waals surface area contributed by atoms with Crippen molar-refractivity contribution in [2.24, 2.45) is 0 Å². The molecule has 2 heteroatoms. The molecular formula is C13H14MgO. The molecule has 0 bridgehead atoms. The van der Waals surface area contributed by atoms with Gasteiger partial charge in [0.05, 0.1) is 0 Å². The molecule has 0 fully saturated rings. The van der Waals surface area contributed by atoms with Crippen LogP contribution >= 0.6 is 0 Å². The first kappa shape index (κ1) is 12.1. The van der Waals surface area contributed by atoms with Crippen LogP contribution in [-0.4, -0.2) is 28.2 Å². The van der Waals surface area contributed by atoms with Gasteiger partial charge in [-0.3, -0.25) is 0 Å². The Morgan fingerprint density at radius 2 is 1.40 bits per heavy atom. The number of para-hydroxylation sites is 1. The van der Waals surface area contributed by atoms with Crippen LogP contribution in [0.5, 0.6) is 5.75 Å². The molecule has 2 aromatic rings. The second kappa shape index (κ2) is 5.78. The lowest BCUT2D eigenvalue weighted by Gasteiger charge is -2.03. The summed E-state index contributed by atoms with van der Waals surface area (Å²) in [5.74, 6) is 0.372. The van der Waals surface area contributed by atoms with E-state index in [0.29, 0.717) is 5.75 Å². The third-order valence-corrected chi connectivity index (χ3v) is 2.23. The number of hydrogen-bond acceptors (Lipinski definition) is 1. The van der Waals surface area contributed by atoms with Crippen molar-refractivity contribution in [3.63, 3.8) is 0 Å². The van der Waals surface area contributed by atoms with E-state index in [1.807, 2.05) is 36.4 Å². The summed E-state index contributed by atoms with van der Waals surface area (Å²) in [6, 6.07) is 17.6. The van der Waals surface area contributed by atoms with Crippen LogP contribution in [0.1, 0.15) is 11.1 Å². The summed E-state index contributed by atoms with van der Waals surface area (Å²) < 4.78 is 0. The molecular weight excluding hydrogens is 196 g/mol. The molecule has 2 aromatic carbocycles. The fourth-order valence-corrected chi connectivity index (χ4v) is 1.48. The molecule has 0 radical (unpaired) electrons. The van der Waals surface area contributed by atoms with Crippen LogP contribution in [-0.2, 0) is 6.42 Å². The second-order valence-corrected chi connectivity index (χ2v) is 3.29. The van der Waals surface area contributed by atoms with Crippen LogP contribution in [0.4, 0.5) is 0 Å². The van der Waals surface area contributed by atoms with Gasteiger partial charge in [0, 0.05) is 6.42 Å². The van der Waals surface area contributed by atoms with Crippen molar-refractivity contribution in [1.29, 1.82) is 0 Å². The Bertz CT molecular complexity index is 412. The molecule has 0 amide bonds. The summed E-state index contributed by atoms with van der Waals surface area (Å²) in [7, 11) is 0. The van der Waals surface area contributed by atoms with E-state index in [1.165, 1.54) is 5.56 Å². The lowest BCUT2D eigenvalue weighted by Crippen LogP contribution is -1.87. The smallest absolute Gasteiger partial charge is 0.316 e. The Morgan fingerprint density at radius 3 is 2.07 bits per heavy atom.